The van der Waals surface area contributed by atoms with E-state index in [0.29, 0.717) is 19.6 Å². The number of hydrogen-bond acceptors (Lipinski definition) is 4. The Balaban J connectivity index is 1.62. The molecule has 1 amide bonds. The van der Waals surface area contributed by atoms with Gasteiger partial charge in [-0.05, 0) is 32.4 Å². The van der Waals surface area contributed by atoms with Crippen molar-refractivity contribution in [3.05, 3.63) is 42.5 Å². The van der Waals surface area contributed by atoms with Crippen LogP contribution in [0.5, 0.6) is 5.75 Å². The standard InChI is InChI=1S/C16H22N4O2/c1-13-5-7-15(8-6-13)22-10-14(2)19-16(21)4-3-9-20-12-17-11-18-20/h5-8,11-12,14H,3-4,9-10H2,1-2H3,(H,19,21)/t14-/m0/s1. The molecule has 118 valence electrons. The van der Waals surface area contributed by atoms with Crippen LogP contribution < -0.4 is 10.1 Å². The molecule has 0 aliphatic carbocycles. The second-order valence-corrected chi connectivity index (χ2v) is 5.35. The summed E-state index contributed by atoms with van der Waals surface area (Å²) in [4.78, 5) is 15.7. The van der Waals surface area contributed by atoms with Gasteiger partial charge in [-0.2, -0.15) is 5.10 Å². The van der Waals surface area contributed by atoms with Crippen LogP contribution in [0.15, 0.2) is 36.9 Å². The van der Waals surface area contributed by atoms with E-state index in [2.05, 4.69) is 15.4 Å². The lowest BCUT2D eigenvalue weighted by atomic mass is 10.2. The van der Waals surface area contributed by atoms with Crippen LogP contribution in [-0.4, -0.2) is 33.3 Å². The molecule has 0 spiro atoms. The molecular weight excluding hydrogens is 280 g/mol. The van der Waals surface area contributed by atoms with Crippen molar-refractivity contribution >= 4 is 5.91 Å². The monoisotopic (exact) mass is 302 g/mol. The topological polar surface area (TPSA) is 69.0 Å². The molecule has 0 aliphatic rings. The largest absolute Gasteiger partial charge is 0.491 e. The van der Waals surface area contributed by atoms with Crippen molar-refractivity contribution < 1.29 is 9.53 Å². The van der Waals surface area contributed by atoms with Gasteiger partial charge in [0.05, 0.1) is 6.04 Å². The molecular formula is C16H22N4O2. The molecule has 0 unspecified atom stereocenters. The van der Waals surface area contributed by atoms with Gasteiger partial charge in [0, 0.05) is 13.0 Å². The van der Waals surface area contributed by atoms with Gasteiger partial charge in [-0.15, -0.1) is 0 Å². The first-order valence-electron chi connectivity index (χ1n) is 7.45. The Morgan fingerprint density at radius 2 is 2.14 bits per heavy atom. The SMILES string of the molecule is Cc1ccc(OC[C@H](C)NC(=O)CCCn2cncn2)cc1. The summed E-state index contributed by atoms with van der Waals surface area (Å²) < 4.78 is 7.37. The van der Waals surface area contributed by atoms with Crippen molar-refractivity contribution in [2.75, 3.05) is 6.61 Å². The summed E-state index contributed by atoms with van der Waals surface area (Å²) in [6.45, 7) is 5.12. The summed E-state index contributed by atoms with van der Waals surface area (Å²) in [5, 5.41) is 6.93. The van der Waals surface area contributed by atoms with Gasteiger partial charge < -0.3 is 10.1 Å². The highest BCUT2D eigenvalue weighted by Crippen LogP contribution is 2.11. The Kier molecular flexibility index (Phi) is 5.94. The van der Waals surface area contributed by atoms with E-state index in [4.69, 9.17) is 4.74 Å². The molecule has 22 heavy (non-hydrogen) atoms. The lowest BCUT2D eigenvalue weighted by Crippen LogP contribution is -2.36. The van der Waals surface area contributed by atoms with Gasteiger partial charge in [0.1, 0.15) is 25.0 Å². The van der Waals surface area contributed by atoms with Gasteiger partial charge in [-0.25, -0.2) is 4.98 Å². The minimum absolute atomic E-state index is 0.0276. The Morgan fingerprint density at radius 3 is 2.82 bits per heavy atom. The zero-order valence-electron chi connectivity index (χ0n) is 13.0. The molecule has 1 atom stereocenters. The van der Waals surface area contributed by atoms with E-state index in [-0.39, 0.29) is 11.9 Å². The van der Waals surface area contributed by atoms with Gasteiger partial charge in [0.25, 0.3) is 0 Å². The number of rotatable bonds is 8. The van der Waals surface area contributed by atoms with Gasteiger partial charge >= 0.3 is 0 Å². The summed E-state index contributed by atoms with van der Waals surface area (Å²) in [6.07, 6.45) is 4.34. The quantitative estimate of drug-likeness (QED) is 0.809. The number of carbonyl (C=O) groups excluding carboxylic acids is 1. The predicted octanol–water partition coefficient (Wildman–Crippen LogP) is 1.95. The number of aromatic nitrogens is 3. The van der Waals surface area contributed by atoms with Crippen molar-refractivity contribution in [2.45, 2.75) is 39.3 Å². The number of ether oxygens (including phenoxy) is 1. The molecule has 0 fully saturated rings. The molecule has 0 saturated heterocycles. The van der Waals surface area contributed by atoms with E-state index in [1.54, 1.807) is 11.0 Å². The van der Waals surface area contributed by atoms with E-state index in [1.807, 2.05) is 38.1 Å². The third kappa shape index (κ3) is 5.55. The second kappa shape index (κ2) is 8.17. The first kappa shape index (κ1) is 16.0. The zero-order valence-corrected chi connectivity index (χ0v) is 13.0. The van der Waals surface area contributed by atoms with Crippen LogP contribution in [0, 0.1) is 6.92 Å². The third-order valence-electron chi connectivity index (χ3n) is 3.19. The maximum absolute atomic E-state index is 11.8. The van der Waals surface area contributed by atoms with Crippen molar-refractivity contribution in [3.63, 3.8) is 0 Å². The normalized spacial score (nSPS) is 11.9. The fraction of sp³-hybridized carbons (Fsp3) is 0.438. The van der Waals surface area contributed by atoms with E-state index in [1.165, 1.54) is 11.9 Å². The lowest BCUT2D eigenvalue weighted by Gasteiger charge is -2.15. The Hall–Kier alpha value is -2.37. The van der Waals surface area contributed by atoms with Crippen molar-refractivity contribution in [1.29, 1.82) is 0 Å². The molecule has 0 aliphatic heterocycles. The number of nitrogens with one attached hydrogen (secondary N) is 1. The number of amides is 1. The highest BCUT2D eigenvalue weighted by molar-refractivity contribution is 5.76. The molecule has 2 aromatic rings. The minimum Gasteiger partial charge on any atom is -0.491 e. The average molecular weight is 302 g/mol. The van der Waals surface area contributed by atoms with Crippen molar-refractivity contribution in [2.24, 2.45) is 0 Å². The van der Waals surface area contributed by atoms with Crippen LogP contribution in [0.25, 0.3) is 0 Å². The molecule has 6 heteroatoms. The zero-order chi connectivity index (χ0) is 15.8. The first-order valence-corrected chi connectivity index (χ1v) is 7.45. The Bertz CT molecular complexity index is 566. The molecule has 1 N–H and O–H groups in total. The minimum atomic E-state index is -0.0276. The van der Waals surface area contributed by atoms with Crippen molar-refractivity contribution in [3.8, 4) is 5.75 Å². The maximum Gasteiger partial charge on any atom is 0.220 e. The number of nitrogens with zero attached hydrogens (tertiary/aromatic N) is 3. The van der Waals surface area contributed by atoms with Crippen LogP contribution in [-0.2, 0) is 11.3 Å². The van der Waals surface area contributed by atoms with Crippen LogP contribution in [0.1, 0.15) is 25.3 Å². The maximum atomic E-state index is 11.8. The van der Waals surface area contributed by atoms with Crippen LogP contribution in [0.4, 0.5) is 0 Å². The van der Waals surface area contributed by atoms with Crippen LogP contribution in [0.2, 0.25) is 0 Å². The third-order valence-corrected chi connectivity index (χ3v) is 3.19. The Labute approximate surface area is 130 Å². The Morgan fingerprint density at radius 1 is 1.36 bits per heavy atom. The molecule has 6 nitrogen and oxygen atoms in total. The lowest BCUT2D eigenvalue weighted by molar-refractivity contribution is -0.122. The molecule has 0 saturated carbocycles. The fourth-order valence-electron chi connectivity index (χ4n) is 1.99. The van der Waals surface area contributed by atoms with Gasteiger partial charge in [0.2, 0.25) is 5.91 Å². The second-order valence-electron chi connectivity index (χ2n) is 5.35. The van der Waals surface area contributed by atoms with Gasteiger partial charge in [-0.1, -0.05) is 17.7 Å². The molecule has 1 aromatic carbocycles. The fourth-order valence-corrected chi connectivity index (χ4v) is 1.99. The number of aryl methyl sites for hydroxylation is 2. The number of carbonyl (C=O) groups is 1. The molecule has 0 bridgehead atoms. The molecule has 0 radical (unpaired) electrons. The van der Waals surface area contributed by atoms with E-state index in [9.17, 15) is 4.79 Å². The smallest absolute Gasteiger partial charge is 0.220 e. The van der Waals surface area contributed by atoms with E-state index >= 15 is 0 Å². The van der Waals surface area contributed by atoms with Crippen molar-refractivity contribution in [1.82, 2.24) is 20.1 Å². The number of hydrogen-bond donors (Lipinski definition) is 1. The van der Waals surface area contributed by atoms with E-state index < -0.39 is 0 Å². The van der Waals surface area contributed by atoms with Gasteiger partial charge in [-0.3, -0.25) is 9.48 Å². The summed E-state index contributed by atoms with van der Waals surface area (Å²) in [5.41, 5.74) is 1.20. The predicted molar refractivity (Wildman–Crippen MR) is 83.5 cm³/mol. The average Bonchev–Trinajstić information content (AvgIpc) is 3.00. The molecule has 2 rings (SSSR count). The summed E-state index contributed by atoms with van der Waals surface area (Å²) >= 11 is 0. The van der Waals surface area contributed by atoms with Gasteiger partial charge in [0.15, 0.2) is 0 Å². The first-order chi connectivity index (χ1) is 10.6. The molecule has 1 heterocycles. The molecule has 1 aromatic heterocycles. The highest BCUT2D eigenvalue weighted by Gasteiger charge is 2.08. The van der Waals surface area contributed by atoms with Crippen LogP contribution in [0.3, 0.4) is 0 Å². The highest BCUT2D eigenvalue weighted by atomic mass is 16.5. The summed E-state index contributed by atoms with van der Waals surface area (Å²) in [7, 11) is 0. The van der Waals surface area contributed by atoms with E-state index in [0.717, 1.165) is 12.2 Å². The van der Waals surface area contributed by atoms with Crippen LogP contribution >= 0.6 is 0 Å². The number of benzene rings is 1. The summed E-state index contributed by atoms with van der Waals surface area (Å²) in [6, 6.07) is 7.84. The summed E-state index contributed by atoms with van der Waals surface area (Å²) in [5.74, 6) is 0.845.